The fraction of sp³-hybridized carbons (Fsp3) is 0.818. The van der Waals surface area contributed by atoms with Crippen LogP contribution in [0.15, 0.2) is 0 Å². The molecule has 0 aromatic carbocycles. The van der Waals surface area contributed by atoms with Gasteiger partial charge in [-0.3, -0.25) is 4.79 Å². The van der Waals surface area contributed by atoms with E-state index in [1.807, 2.05) is 7.05 Å². The van der Waals surface area contributed by atoms with Crippen molar-refractivity contribution in [3.8, 4) is 0 Å². The van der Waals surface area contributed by atoms with E-state index in [1.54, 1.807) is 0 Å². The minimum absolute atomic E-state index is 0.0150. The average molecular weight is 646 g/mol. The summed E-state index contributed by atoms with van der Waals surface area (Å²) in [6, 6.07) is 0. The van der Waals surface area contributed by atoms with E-state index in [9.17, 15) is 9.59 Å². The Hall–Kier alpha value is 1.87. The van der Waals surface area contributed by atoms with Crippen LogP contribution in [0.5, 0.6) is 0 Å². The first-order chi connectivity index (χ1) is 8.90. The number of rotatable bonds is 9. The Morgan fingerprint density at radius 2 is 1.53 bits per heavy atom. The molecule has 0 aliphatic heterocycles. The second-order valence-electron chi connectivity index (χ2n) is 3.91. The molecule has 8 heteroatoms. The summed E-state index contributed by atoms with van der Waals surface area (Å²) in [5.74, 6) is 0.0537. The molecule has 0 atom stereocenters. The molecule has 0 saturated carbocycles. The zero-order valence-corrected chi connectivity index (χ0v) is 19.2. The summed E-state index contributed by atoms with van der Waals surface area (Å²) in [4.78, 5) is 21.5. The van der Waals surface area contributed by atoms with Gasteiger partial charge in [-0.2, -0.15) is 0 Å². The van der Waals surface area contributed by atoms with Gasteiger partial charge in [0.2, 0.25) is 5.91 Å². The van der Waals surface area contributed by atoms with Crippen LogP contribution in [0.3, 0.4) is 0 Å². The SMILES string of the molecule is CNCCCCCNC(=O)CCC(C)=O.[I][V]([I])[I]. The number of Topliss-reactive ketones (excluding diaryl/α,β-unsaturated/α-hetero) is 1. The van der Waals surface area contributed by atoms with E-state index in [1.165, 1.54) is 6.92 Å². The maximum atomic E-state index is 11.2. The molecule has 0 fully saturated rings. The van der Waals surface area contributed by atoms with Gasteiger partial charge in [0.15, 0.2) is 0 Å². The molecule has 19 heavy (non-hydrogen) atoms. The summed E-state index contributed by atoms with van der Waals surface area (Å²) in [5.41, 5.74) is 0. The van der Waals surface area contributed by atoms with Gasteiger partial charge in [0.1, 0.15) is 5.78 Å². The van der Waals surface area contributed by atoms with Crippen LogP contribution in [0.2, 0.25) is 0 Å². The monoisotopic (exact) mass is 646 g/mol. The Labute approximate surface area is 154 Å². The van der Waals surface area contributed by atoms with E-state index in [2.05, 4.69) is 70.6 Å². The molecular formula is C11H22I3N2O2V. The number of ketones is 1. The number of amides is 1. The van der Waals surface area contributed by atoms with Gasteiger partial charge in [-0.1, -0.05) is 6.42 Å². The molecule has 2 N–H and O–H groups in total. The Morgan fingerprint density at radius 3 is 2.00 bits per heavy atom. The van der Waals surface area contributed by atoms with Crippen molar-refractivity contribution in [3.05, 3.63) is 0 Å². The zero-order chi connectivity index (χ0) is 15.1. The fourth-order valence-corrected chi connectivity index (χ4v) is 1.21. The molecule has 0 radical (unpaired) electrons. The van der Waals surface area contributed by atoms with Crippen molar-refractivity contribution in [2.24, 2.45) is 0 Å². The van der Waals surface area contributed by atoms with Gasteiger partial charge in [-0.15, -0.1) is 0 Å². The van der Waals surface area contributed by atoms with Crippen molar-refractivity contribution < 1.29 is 14.5 Å². The molecule has 0 spiro atoms. The van der Waals surface area contributed by atoms with Gasteiger partial charge in [0.05, 0.1) is 0 Å². The van der Waals surface area contributed by atoms with Gasteiger partial charge in [0, 0.05) is 19.4 Å². The van der Waals surface area contributed by atoms with E-state index < -0.39 is 0 Å². The Balaban J connectivity index is 0. The summed E-state index contributed by atoms with van der Waals surface area (Å²) < 4.78 is 0. The molecule has 4 nitrogen and oxygen atoms in total. The van der Waals surface area contributed by atoms with Gasteiger partial charge >= 0.3 is 64.9 Å². The summed E-state index contributed by atoms with van der Waals surface area (Å²) in [7, 11) is 1.93. The number of carbonyl (C=O) groups is 2. The summed E-state index contributed by atoms with van der Waals surface area (Å²) in [5, 5.41) is 5.88. The molecule has 0 aromatic heterocycles. The summed E-state index contributed by atoms with van der Waals surface area (Å²) >= 11 is 7.39. The third-order valence-electron chi connectivity index (χ3n) is 2.13. The third kappa shape index (κ3) is 28.7. The molecule has 0 bridgehead atoms. The minimum atomic E-state index is -0.278. The molecule has 0 rings (SSSR count). The summed E-state index contributed by atoms with van der Waals surface area (Å²) in [6.45, 7) is 3.25. The number of hydrogen-bond acceptors (Lipinski definition) is 3. The second-order valence-corrected chi connectivity index (χ2v) is 39.3. The van der Waals surface area contributed by atoms with Crippen LogP contribution in [0.1, 0.15) is 39.0 Å². The van der Waals surface area contributed by atoms with Crippen molar-refractivity contribution in [2.75, 3.05) is 20.1 Å². The van der Waals surface area contributed by atoms with E-state index in [0.717, 1.165) is 32.4 Å². The van der Waals surface area contributed by atoms with Gasteiger partial charge in [-0.25, -0.2) is 0 Å². The standard InChI is InChI=1S/C11H22N2O2.3HI.V/c1-10(14)6-7-11(15)13-9-5-3-4-8-12-2;;;;/h12H,3-9H2,1-2H3,(H,13,15);3*1H;/q;;;;+3/p-3. The average Bonchev–Trinajstić information content (AvgIpc) is 2.30. The Kier molecular flexibility index (Phi) is 21.8. The predicted octanol–water partition coefficient (Wildman–Crippen LogP) is 3.52. The van der Waals surface area contributed by atoms with E-state index in [4.69, 9.17) is 0 Å². The number of halogens is 3. The molecule has 0 heterocycles. The first-order valence-corrected chi connectivity index (χ1v) is 19.6. The maximum absolute atomic E-state index is 11.2. The van der Waals surface area contributed by atoms with Gasteiger partial charge in [0.25, 0.3) is 0 Å². The topological polar surface area (TPSA) is 58.2 Å². The van der Waals surface area contributed by atoms with Crippen LogP contribution in [0.4, 0.5) is 0 Å². The number of carbonyl (C=O) groups excluding carboxylic acids is 2. The second kappa shape index (κ2) is 17.9. The third-order valence-corrected chi connectivity index (χ3v) is 2.13. The van der Waals surface area contributed by atoms with Crippen molar-refractivity contribution >= 4 is 71.6 Å². The molecule has 0 aliphatic carbocycles. The first kappa shape index (κ1) is 23.1. The number of nitrogens with one attached hydrogen (secondary N) is 2. The van der Waals surface area contributed by atoms with Crippen LogP contribution in [0, 0.1) is 0 Å². The molecule has 114 valence electrons. The normalized spacial score (nSPS) is 9.79. The van der Waals surface area contributed by atoms with E-state index in [-0.39, 0.29) is 16.6 Å². The molecular weight excluding hydrogens is 624 g/mol. The van der Waals surface area contributed by atoms with Crippen LogP contribution < -0.4 is 10.6 Å². The van der Waals surface area contributed by atoms with Gasteiger partial charge < -0.3 is 15.4 Å². The van der Waals surface area contributed by atoms with Crippen molar-refractivity contribution in [3.63, 3.8) is 0 Å². The number of hydrogen-bond donors (Lipinski definition) is 2. The van der Waals surface area contributed by atoms with Crippen LogP contribution in [-0.4, -0.2) is 31.8 Å². The molecule has 0 saturated heterocycles. The van der Waals surface area contributed by atoms with Crippen LogP contribution >= 0.6 is 59.9 Å². The molecule has 1 amide bonds. The molecule has 0 aromatic rings. The quantitative estimate of drug-likeness (QED) is 0.298. The van der Waals surface area contributed by atoms with Crippen LogP contribution in [0.25, 0.3) is 0 Å². The van der Waals surface area contributed by atoms with E-state index in [0.29, 0.717) is 12.8 Å². The predicted molar refractivity (Wildman–Crippen MR) is 103 cm³/mol. The van der Waals surface area contributed by atoms with Crippen molar-refractivity contribution in [1.82, 2.24) is 10.6 Å². The van der Waals surface area contributed by atoms with E-state index >= 15 is 0 Å². The van der Waals surface area contributed by atoms with Gasteiger partial charge in [-0.05, 0) is 33.4 Å². The van der Waals surface area contributed by atoms with Crippen molar-refractivity contribution in [2.45, 2.75) is 39.0 Å². The van der Waals surface area contributed by atoms with Crippen LogP contribution in [-0.2, 0) is 14.5 Å². The molecule has 0 aliphatic rings. The Morgan fingerprint density at radius 1 is 1.00 bits per heavy atom. The number of unbranched alkanes of at least 4 members (excludes halogenated alkanes) is 2. The Bertz CT molecular complexity index is 241. The molecule has 0 unspecified atom stereocenters. The van der Waals surface area contributed by atoms with Crippen molar-refractivity contribution in [1.29, 1.82) is 0 Å². The summed E-state index contributed by atoms with van der Waals surface area (Å²) in [6.07, 6.45) is 3.94. The zero-order valence-electron chi connectivity index (χ0n) is 11.3. The first-order valence-electron chi connectivity index (χ1n) is 6.08. The fourth-order valence-electron chi connectivity index (χ4n) is 1.21.